The van der Waals surface area contributed by atoms with Gasteiger partial charge in [0, 0.05) is 22.9 Å². The van der Waals surface area contributed by atoms with Crippen molar-refractivity contribution in [2.45, 2.75) is 37.6 Å². The summed E-state index contributed by atoms with van der Waals surface area (Å²) >= 11 is 7.62. The summed E-state index contributed by atoms with van der Waals surface area (Å²) in [5, 5.41) is 3.57. The molecule has 2 aliphatic rings. The molecule has 0 unspecified atom stereocenters. The van der Waals surface area contributed by atoms with Gasteiger partial charge in [-0.3, -0.25) is 9.59 Å². The molecule has 0 saturated carbocycles. The largest absolute Gasteiger partial charge is 0.324 e. The number of nitrogens with zero attached hydrogens (tertiary/aromatic N) is 1. The molecule has 0 aromatic heterocycles. The molecule has 112 valence electrons. The van der Waals surface area contributed by atoms with Crippen molar-refractivity contribution in [1.29, 1.82) is 0 Å². The molecule has 6 heteroatoms. The van der Waals surface area contributed by atoms with Crippen LogP contribution in [0.3, 0.4) is 0 Å². The molecule has 1 N–H and O–H groups in total. The Balaban J connectivity index is 1.78. The first kappa shape index (κ1) is 14.7. The van der Waals surface area contributed by atoms with Gasteiger partial charge in [-0.25, -0.2) is 0 Å². The molecule has 2 heterocycles. The maximum absolute atomic E-state index is 12.5. The van der Waals surface area contributed by atoms with E-state index in [1.54, 1.807) is 28.8 Å². The fourth-order valence-corrected chi connectivity index (χ4v) is 4.66. The van der Waals surface area contributed by atoms with Crippen molar-refractivity contribution < 1.29 is 9.59 Å². The van der Waals surface area contributed by atoms with Gasteiger partial charge in [-0.05, 0) is 44.0 Å². The van der Waals surface area contributed by atoms with Gasteiger partial charge in [0.2, 0.25) is 11.8 Å². The van der Waals surface area contributed by atoms with Crippen LogP contribution in [-0.2, 0) is 9.59 Å². The molecule has 0 radical (unpaired) electrons. The van der Waals surface area contributed by atoms with E-state index in [1.807, 2.05) is 19.9 Å². The number of fused-ring (bicyclic) bond motifs is 1. The Bertz CT molecular complexity index is 622. The predicted molar refractivity (Wildman–Crippen MR) is 85.5 cm³/mol. The van der Waals surface area contributed by atoms with Crippen LogP contribution in [0.25, 0.3) is 0 Å². The van der Waals surface area contributed by atoms with Crippen LogP contribution in [0.15, 0.2) is 18.2 Å². The van der Waals surface area contributed by atoms with E-state index in [2.05, 4.69) is 5.32 Å². The van der Waals surface area contributed by atoms with E-state index in [4.69, 9.17) is 11.6 Å². The summed E-state index contributed by atoms with van der Waals surface area (Å²) in [5.41, 5.74) is 1.66. The number of rotatable bonds is 2. The molecule has 21 heavy (non-hydrogen) atoms. The highest BCUT2D eigenvalue weighted by molar-refractivity contribution is 8.01. The minimum atomic E-state index is -0.384. The van der Waals surface area contributed by atoms with Crippen LogP contribution in [0.1, 0.15) is 25.3 Å². The maximum atomic E-state index is 12.5. The van der Waals surface area contributed by atoms with Gasteiger partial charge in [-0.15, -0.1) is 11.8 Å². The van der Waals surface area contributed by atoms with Crippen molar-refractivity contribution in [3.05, 3.63) is 28.8 Å². The number of amides is 2. The highest BCUT2D eigenvalue weighted by atomic mass is 35.5. The lowest BCUT2D eigenvalue weighted by Gasteiger charge is -2.30. The average Bonchev–Trinajstić information content (AvgIpc) is 2.90. The maximum Gasteiger partial charge on any atom is 0.248 e. The van der Waals surface area contributed by atoms with Gasteiger partial charge in [0.05, 0.1) is 4.87 Å². The molecular formula is C15H17ClN2O2S. The van der Waals surface area contributed by atoms with Gasteiger partial charge >= 0.3 is 0 Å². The lowest BCUT2D eigenvalue weighted by Crippen LogP contribution is -2.48. The molecule has 0 aliphatic carbocycles. The summed E-state index contributed by atoms with van der Waals surface area (Å²) in [7, 11) is 0. The molecule has 0 spiro atoms. The molecule has 2 atom stereocenters. The Kier molecular flexibility index (Phi) is 3.66. The van der Waals surface area contributed by atoms with Gasteiger partial charge < -0.3 is 10.2 Å². The van der Waals surface area contributed by atoms with Crippen LogP contribution in [0.2, 0.25) is 5.02 Å². The fourth-order valence-electron chi connectivity index (χ4n) is 3.00. The number of anilines is 1. The molecule has 3 rings (SSSR count). The third-order valence-electron chi connectivity index (χ3n) is 4.19. The summed E-state index contributed by atoms with van der Waals surface area (Å²) in [5.74, 6) is 0.614. The molecule has 2 fully saturated rings. The quantitative estimate of drug-likeness (QED) is 0.909. The van der Waals surface area contributed by atoms with Gasteiger partial charge in [-0.1, -0.05) is 11.6 Å². The van der Waals surface area contributed by atoms with Crippen LogP contribution in [0.4, 0.5) is 5.69 Å². The Morgan fingerprint density at radius 3 is 3.00 bits per heavy atom. The van der Waals surface area contributed by atoms with Crippen LogP contribution in [-0.4, -0.2) is 33.4 Å². The van der Waals surface area contributed by atoms with Crippen LogP contribution in [0, 0.1) is 6.92 Å². The third-order valence-corrected chi connectivity index (χ3v) is 5.93. The normalized spacial score (nSPS) is 27.9. The van der Waals surface area contributed by atoms with Crippen molar-refractivity contribution in [1.82, 2.24) is 4.90 Å². The standard InChI is InChI=1S/C15H17ClN2O2S/c1-9-7-10(16)3-4-11(9)17-14(20)12-8-21-15(2)6-5-13(19)18(12)15/h3-4,7,12H,5-6,8H2,1-2H3,(H,17,20)/t12-,15+/m1/s1. The molecule has 2 saturated heterocycles. The molecule has 1 aromatic carbocycles. The second-order valence-corrected chi connectivity index (χ2v) is 7.65. The first-order valence-corrected chi connectivity index (χ1v) is 8.30. The second kappa shape index (κ2) is 5.21. The number of hydrogen-bond acceptors (Lipinski definition) is 3. The van der Waals surface area contributed by atoms with Gasteiger partial charge in [-0.2, -0.15) is 0 Å². The fraction of sp³-hybridized carbons (Fsp3) is 0.467. The zero-order valence-corrected chi connectivity index (χ0v) is 13.6. The zero-order chi connectivity index (χ0) is 15.2. The minimum absolute atomic E-state index is 0.0791. The van der Waals surface area contributed by atoms with Gasteiger partial charge in [0.25, 0.3) is 0 Å². The SMILES string of the molecule is Cc1cc(Cl)ccc1NC(=O)[C@H]1CS[C@@]2(C)CCC(=O)N12. The smallest absolute Gasteiger partial charge is 0.248 e. The van der Waals surface area contributed by atoms with E-state index in [1.165, 1.54) is 0 Å². The number of benzene rings is 1. The van der Waals surface area contributed by atoms with Gasteiger partial charge in [0.1, 0.15) is 6.04 Å². The topological polar surface area (TPSA) is 49.4 Å². The van der Waals surface area contributed by atoms with E-state index in [0.29, 0.717) is 17.2 Å². The van der Waals surface area contributed by atoms with E-state index in [9.17, 15) is 9.59 Å². The second-order valence-electron chi connectivity index (χ2n) is 5.71. The number of aryl methyl sites for hydroxylation is 1. The predicted octanol–water partition coefficient (Wildman–Crippen LogP) is 3.04. The van der Waals surface area contributed by atoms with E-state index >= 15 is 0 Å². The van der Waals surface area contributed by atoms with Crippen molar-refractivity contribution in [3.63, 3.8) is 0 Å². The first-order chi connectivity index (χ1) is 9.90. The Labute approximate surface area is 133 Å². The average molecular weight is 325 g/mol. The molecule has 0 bridgehead atoms. The molecular weight excluding hydrogens is 308 g/mol. The highest BCUT2D eigenvalue weighted by Crippen LogP contribution is 2.47. The highest BCUT2D eigenvalue weighted by Gasteiger charge is 2.52. The zero-order valence-electron chi connectivity index (χ0n) is 12.0. The van der Waals surface area contributed by atoms with Crippen molar-refractivity contribution in [2.75, 3.05) is 11.1 Å². The van der Waals surface area contributed by atoms with Crippen LogP contribution < -0.4 is 5.32 Å². The summed E-state index contributed by atoms with van der Waals surface area (Å²) in [6.07, 6.45) is 1.35. The van der Waals surface area contributed by atoms with E-state index in [-0.39, 0.29) is 22.7 Å². The number of carbonyl (C=O) groups is 2. The van der Waals surface area contributed by atoms with Crippen molar-refractivity contribution in [2.24, 2.45) is 0 Å². The summed E-state index contributed by atoms with van der Waals surface area (Å²) in [6, 6.07) is 4.97. The molecule has 4 nitrogen and oxygen atoms in total. The number of hydrogen-bond donors (Lipinski definition) is 1. The molecule has 2 amide bonds. The molecule has 1 aromatic rings. The third kappa shape index (κ3) is 2.53. The monoisotopic (exact) mass is 324 g/mol. The van der Waals surface area contributed by atoms with Crippen molar-refractivity contribution in [3.8, 4) is 0 Å². The van der Waals surface area contributed by atoms with Crippen LogP contribution in [0.5, 0.6) is 0 Å². The van der Waals surface area contributed by atoms with Crippen LogP contribution >= 0.6 is 23.4 Å². The number of halogens is 1. The first-order valence-electron chi connectivity index (χ1n) is 6.94. The lowest BCUT2D eigenvalue weighted by molar-refractivity contribution is -0.135. The Morgan fingerprint density at radius 1 is 1.52 bits per heavy atom. The number of thioether (sulfide) groups is 1. The Morgan fingerprint density at radius 2 is 2.29 bits per heavy atom. The van der Waals surface area contributed by atoms with Gasteiger partial charge in [0.15, 0.2) is 0 Å². The van der Waals surface area contributed by atoms with E-state index in [0.717, 1.165) is 17.7 Å². The summed E-state index contributed by atoms with van der Waals surface area (Å²) < 4.78 is 0. The number of nitrogens with one attached hydrogen (secondary N) is 1. The lowest BCUT2D eigenvalue weighted by atomic mass is 10.1. The minimum Gasteiger partial charge on any atom is -0.324 e. The summed E-state index contributed by atoms with van der Waals surface area (Å²) in [6.45, 7) is 3.94. The van der Waals surface area contributed by atoms with Crippen molar-refractivity contribution >= 4 is 40.9 Å². The number of carbonyl (C=O) groups excluding carboxylic acids is 2. The summed E-state index contributed by atoms with van der Waals surface area (Å²) in [4.78, 5) is 26.1. The Hall–Kier alpha value is -1.20. The molecule has 2 aliphatic heterocycles. The van der Waals surface area contributed by atoms with E-state index < -0.39 is 0 Å².